The average molecular weight is 223 g/mol. The van der Waals surface area contributed by atoms with Crippen molar-refractivity contribution in [2.45, 2.75) is 0 Å². The summed E-state index contributed by atoms with van der Waals surface area (Å²) in [6, 6.07) is 9.75. The van der Waals surface area contributed by atoms with Crippen molar-refractivity contribution in [2.24, 2.45) is 0 Å². The van der Waals surface area contributed by atoms with Gasteiger partial charge in [-0.3, -0.25) is 4.79 Å². The molecule has 70 valence electrons. The summed E-state index contributed by atoms with van der Waals surface area (Å²) in [6.45, 7) is 0. The lowest BCUT2D eigenvalue weighted by atomic mass is 10.1. The van der Waals surface area contributed by atoms with Crippen LogP contribution < -0.4 is 0 Å². The summed E-state index contributed by atoms with van der Waals surface area (Å²) in [4.78, 5) is 11.1. The molecule has 0 aliphatic heterocycles. The second-order valence-corrected chi connectivity index (χ2v) is 3.93. The van der Waals surface area contributed by atoms with Crippen molar-refractivity contribution in [3.05, 3.63) is 46.7 Å². The van der Waals surface area contributed by atoms with Crippen LogP contribution in [0.1, 0.15) is 10.4 Å². The number of rotatable bonds is 2. The first-order chi connectivity index (χ1) is 6.79. The Kier molecular flexibility index (Phi) is 2.66. The van der Waals surface area contributed by atoms with E-state index >= 15 is 0 Å². The van der Waals surface area contributed by atoms with Crippen molar-refractivity contribution in [3.63, 3.8) is 0 Å². The molecule has 0 aliphatic carbocycles. The van der Waals surface area contributed by atoms with Gasteiger partial charge in [-0.1, -0.05) is 30.3 Å². The lowest BCUT2D eigenvalue weighted by molar-refractivity contribution is 0.108. The third-order valence-electron chi connectivity index (χ3n) is 1.96. The minimum absolute atomic E-state index is 0.398. The number of thiophene rings is 1. The van der Waals surface area contributed by atoms with Crippen LogP contribution >= 0.6 is 22.9 Å². The molecular formula is C11H7ClOS. The largest absolute Gasteiger partial charge is 0.276 e. The monoisotopic (exact) mass is 222 g/mol. The van der Waals surface area contributed by atoms with Gasteiger partial charge >= 0.3 is 0 Å². The predicted molar refractivity (Wildman–Crippen MR) is 59.9 cm³/mol. The number of carbonyl (C=O) groups is 1. The Hall–Kier alpha value is -1.12. The standard InChI is InChI=1S/C11H7ClOS/c12-11(13)10-7-14-6-9(10)8-4-2-1-3-5-8/h1-7H. The van der Waals surface area contributed by atoms with Crippen molar-refractivity contribution >= 4 is 28.2 Å². The van der Waals surface area contributed by atoms with Gasteiger partial charge in [0.15, 0.2) is 0 Å². The summed E-state index contributed by atoms with van der Waals surface area (Å²) in [5, 5.41) is 3.31. The molecule has 3 heteroatoms. The van der Waals surface area contributed by atoms with Crippen molar-refractivity contribution in [1.82, 2.24) is 0 Å². The van der Waals surface area contributed by atoms with Crippen LogP contribution in [0.5, 0.6) is 0 Å². The summed E-state index contributed by atoms with van der Waals surface area (Å²) in [7, 11) is 0. The molecule has 0 unspecified atom stereocenters. The Balaban J connectivity index is 2.52. The van der Waals surface area contributed by atoms with Gasteiger partial charge in [0.05, 0.1) is 5.56 Å². The van der Waals surface area contributed by atoms with Crippen LogP contribution in [-0.2, 0) is 0 Å². The maximum absolute atomic E-state index is 11.1. The van der Waals surface area contributed by atoms with Gasteiger partial charge in [0, 0.05) is 10.9 Å². The minimum Gasteiger partial charge on any atom is -0.276 e. The fourth-order valence-corrected chi connectivity index (χ4v) is 2.35. The van der Waals surface area contributed by atoms with E-state index in [1.165, 1.54) is 11.3 Å². The first kappa shape index (κ1) is 9.44. The van der Waals surface area contributed by atoms with Gasteiger partial charge in [-0.2, -0.15) is 11.3 Å². The van der Waals surface area contributed by atoms with Crippen LogP contribution in [0.25, 0.3) is 11.1 Å². The molecule has 0 amide bonds. The van der Waals surface area contributed by atoms with Crippen LogP contribution in [0.15, 0.2) is 41.1 Å². The zero-order valence-electron chi connectivity index (χ0n) is 7.24. The Bertz CT molecular complexity index is 447. The SMILES string of the molecule is O=C(Cl)c1cscc1-c1ccccc1. The second kappa shape index (κ2) is 3.95. The third-order valence-corrected chi connectivity index (χ3v) is 2.91. The second-order valence-electron chi connectivity index (χ2n) is 2.84. The summed E-state index contributed by atoms with van der Waals surface area (Å²) >= 11 is 6.95. The van der Waals surface area contributed by atoms with E-state index in [0.29, 0.717) is 5.56 Å². The summed E-state index contributed by atoms with van der Waals surface area (Å²) in [5.74, 6) is 0. The zero-order chi connectivity index (χ0) is 9.97. The fourth-order valence-electron chi connectivity index (χ4n) is 1.29. The Morgan fingerprint density at radius 3 is 2.50 bits per heavy atom. The molecule has 1 aromatic carbocycles. The number of halogens is 1. The van der Waals surface area contributed by atoms with Gasteiger partial charge < -0.3 is 0 Å². The predicted octanol–water partition coefficient (Wildman–Crippen LogP) is 3.79. The van der Waals surface area contributed by atoms with Gasteiger partial charge in [0.1, 0.15) is 0 Å². The number of benzene rings is 1. The normalized spacial score (nSPS) is 10.1. The molecule has 0 aliphatic rings. The fraction of sp³-hybridized carbons (Fsp3) is 0. The first-order valence-corrected chi connectivity index (χ1v) is 5.42. The van der Waals surface area contributed by atoms with Gasteiger partial charge in [-0.05, 0) is 22.5 Å². The highest BCUT2D eigenvalue weighted by atomic mass is 35.5. The number of carbonyl (C=O) groups excluding carboxylic acids is 1. The molecule has 0 saturated heterocycles. The average Bonchev–Trinajstić information content (AvgIpc) is 2.67. The molecule has 2 aromatic rings. The smallest absolute Gasteiger partial charge is 0.253 e. The minimum atomic E-state index is -0.398. The first-order valence-electron chi connectivity index (χ1n) is 4.10. The molecule has 1 nitrogen and oxygen atoms in total. The highest BCUT2D eigenvalue weighted by Gasteiger charge is 2.10. The molecule has 1 aromatic heterocycles. The molecule has 0 fully saturated rings. The molecule has 0 radical (unpaired) electrons. The van der Waals surface area contributed by atoms with Crippen molar-refractivity contribution < 1.29 is 4.79 Å². The Morgan fingerprint density at radius 1 is 1.14 bits per heavy atom. The summed E-state index contributed by atoms with van der Waals surface area (Å²) < 4.78 is 0. The molecule has 0 N–H and O–H groups in total. The van der Waals surface area contributed by atoms with Crippen LogP contribution in [0.4, 0.5) is 0 Å². The molecule has 0 atom stereocenters. The van der Waals surface area contributed by atoms with Crippen LogP contribution in [0.2, 0.25) is 0 Å². The lowest BCUT2D eigenvalue weighted by Crippen LogP contribution is -1.88. The highest BCUT2D eigenvalue weighted by Crippen LogP contribution is 2.28. The van der Waals surface area contributed by atoms with Crippen LogP contribution in [-0.4, -0.2) is 5.24 Å². The molecular weight excluding hydrogens is 216 g/mol. The lowest BCUT2D eigenvalue weighted by Gasteiger charge is -1.99. The number of hydrogen-bond acceptors (Lipinski definition) is 2. The Morgan fingerprint density at radius 2 is 1.86 bits per heavy atom. The van der Waals surface area contributed by atoms with E-state index in [1.807, 2.05) is 35.7 Å². The van der Waals surface area contributed by atoms with Gasteiger partial charge in [0.2, 0.25) is 0 Å². The quantitative estimate of drug-likeness (QED) is 0.707. The van der Waals surface area contributed by atoms with Crippen molar-refractivity contribution in [2.75, 3.05) is 0 Å². The maximum atomic E-state index is 11.1. The molecule has 0 saturated carbocycles. The molecule has 0 spiro atoms. The third kappa shape index (κ3) is 1.72. The topological polar surface area (TPSA) is 17.1 Å². The number of hydrogen-bond donors (Lipinski definition) is 0. The van der Waals surface area contributed by atoms with E-state index < -0.39 is 5.24 Å². The maximum Gasteiger partial charge on any atom is 0.253 e. The zero-order valence-corrected chi connectivity index (χ0v) is 8.81. The molecule has 14 heavy (non-hydrogen) atoms. The van der Waals surface area contributed by atoms with Gasteiger partial charge in [-0.15, -0.1) is 0 Å². The van der Waals surface area contributed by atoms with Crippen LogP contribution in [0.3, 0.4) is 0 Å². The van der Waals surface area contributed by atoms with E-state index in [0.717, 1.165) is 11.1 Å². The van der Waals surface area contributed by atoms with Crippen LogP contribution in [0, 0.1) is 0 Å². The van der Waals surface area contributed by atoms with E-state index in [4.69, 9.17) is 11.6 Å². The molecule has 0 bridgehead atoms. The summed E-state index contributed by atoms with van der Waals surface area (Å²) in [5.41, 5.74) is 2.52. The van der Waals surface area contributed by atoms with Gasteiger partial charge in [-0.25, -0.2) is 0 Å². The summed E-state index contributed by atoms with van der Waals surface area (Å²) in [6.07, 6.45) is 0. The van der Waals surface area contributed by atoms with Crippen molar-refractivity contribution in [1.29, 1.82) is 0 Å². The van der Waals surface area contributed by atoms with Crippen molar-refractivity contribution in [3.8, 4) is 11.1 Å². The Labute approximate surface area is 91.0 Å². The van der Waals surface area contributed by atoms with E-state index in [1.54, 1.807) is 5.38 Å². The molecule has 2 rings (SSSR count). The van der Waals surface area contributed by atoms with E-state index in [-0.39, 0.29) is 0 Å². The highest BCUT2D eigenvalue weighted by molar-refractivity contribution is 7.09. The van der Waals surface area contributed by atoms with E-state index in [9.17, 15) is 4.79 Å². The van der Waals surface area contributed by atoms with Gasteiger partial charge in [0.25, 0.3) is 5.24 Å². The van der Waals surface area contributed by atoms with E-state index in [2.05, 4.69) is 0 Å². The molecule has 1 heterocycles.